The predicted molar refractivity (Wildman–Crippen MR) is 66.8 cm³/mol. The Morgan fingerprint density at radius 1 is 1.53 bits per heavy atom. The number of rotatable bonds is 7. The Morgan fingerprint density at radius 3 is 3.06 bits per heavy atom. The van der Waals surface area contributed by atoms with Crippen molar-refractivity contribution in [3.63, 3.8) is 0 Å². The Hall–Kier alpha value is -1.42. The highest BCUT2D eigenvalue weighted by Crippen LogP contribution is 2.19. The molecule has 0 aliphatic heterocycles. The Balaban J connectivity index is 1.79. The average Bonchev–Trinajstić information content (AvgIpc) is 3.10. The summed E-state index contributed by atoms with van der Waals surface area (Å²) in [5.74, 6) is 0.598. The second-order valence-corrected chi connectivity index (χ2v) is 4.56. The van der Waals surface area contributed by atoms with Gasteiger partial charge in [-0.05, 0) is 19.8 Å². The molecule has 17 heavy (non-hydrogen) atoms. The van der Waals surface area contributed by atoms with Crippen molar-refractivity contribution < 1.29 is 4.74 Å². The van der Waals surface area contributed by atoms with Gasteiger partial charge in [0.05, 0.1) is 18.5 Å². The van der Waals surface area contributed by atoms with E-state index < -0.39 is 0 Å². The summed E-state index contributed by atoms with van der Waals surface area (Å²) in [6, 6.07) is 0.685. The van der Waals surface area contributed by atoms with E-state index >= 15 is 0 Å². The minimum absolute atomic E-state index is 0.598. The zero-order valence-corrected chi connectivity index (χ0v) is 10.3. The van der Waals surface area contributed by atoms with Crippen LogP contribution in [0.5, 0.6) is 5.88 Å². The number of hydrogen-bond acceptors (Lipinski definition) is 4. The monoisotopic (exact) mass is 233 g/mol. The van der Waals surface area contributed by atoms with Crippen molar-refractivity contribution in [3.8, 4) is 5.88 Å². The quantitative estimate of drug-likeness (QED) is 0.732. The lowest BCUT2D eigenvalue weighted by Crippen LogP contribution is -2.16. The summed E-state index contributed by atoms with van der Waals surface area (Å²) < 4.78 is 5.52. The van der Waals surface area contributed by atoms with E-state index in [1.807, 2.05) is 6.92 Å². The summed E-state index contributed by atoms with van der Waals surface area (Å²) >= 11 is 0. The summed E-state index contributed by atoms with van der Waals surface area (Å²) in [5, 5.41) is 3.40. The van der Waals surface area contributed by atoms with Crippen LogP contribution in [0.3, 0.4) is 0 Å². The maximum absolute atomic E-state index is 5.52. The molecule has 1 N–H and O–H groups in total. The highest BCUT2D eigenvalue weighted by atomic mass is 16.5. The third-order valence-electron chi connectivity index (χ3n) is 2.59. The molecule has 1 heterocycles. The molecule has 0 atom stereocenters. The molecule has 0 bridgehead atoms. The van der Waals surface area contributed by atoms with Gasteiger partial charge in [0.2, 0.25) is 5.88 Å². The Labute approximate surface area is 102 Å². The lowest BCUT2D eigenvalue weighted by molar-refractivity contribution is 0.306. The Bertz CT molecular complexity index is 388. The summed E-state index contributed by atoms with van der Waals surface area (Å²) in [5.41, 5.74) is 2.05. The van der Waals surface area contributed by atoms with Crippen LogP contribution in [-0.4, -0.2) is 22.6 Å². The molecule has 1 saturated carbocycles. The molecular weight excluding hydrogens is 214 g/mol. The number of aromatic nitrogens is 2. The third-order valence-corrected chi connectivity index (χ3v) is 2.59. The zero-order chi connectivity index (χ0) is 12.1. The first kappa shape index (κ1) is 12.0. The third kappa shape index (κ3) is 4.53. The van der Waals surface area contributed by atoms with Gasteiger partial charge < -0.3 is 10.1 Å². The molecule has 1 fully saturated rings. The molecule has 4 nitrogen and oxygen atoms in total. The number of ether oxygens (including phenoxy) is 1. The SMILES string of the molecule is C=C(C)CCOc1cncc(CNC2CC2)n1. The maximum atomic E-state index is 5.52. The summed E-state index contributed by atoms with van der Waals surface area (Å²) in [6.45, 7) is 7.21. The fraction of sp³-hybridized carbons (Fsp3) is 0.538. The van der Waals surface area contributed by atoms with Crippen molar-refractivity contribution in [2.75, 3.05) is 6.61 Å². The van der Waals surface area contributed by atoms with Crippen molar-refractivity contribution in [3.05, 3.63) is 30.2 Å². The van der Waals surface area contributed by atoms with Gasteiger partial charge >= 0.3 is 0 Å². The predicted octanol–water partition coefficient (Wildman–Crippen LogP) is 2.07. The molecule has 0 spiro atoms. The molecule has 1 aliphatic carbocycles. The van der Waals surface area contributed by atoms with Crippen LogP contribution in [-0.2, 0) is 6.54 Å². The van der Waals surface area contributed by atoms with Crippen molar-refractivity contribution in [1.82, 2.24) is 15.3 Å². The van der Waals surface area contributed by atoms with Crippen LogP contribution >= 0.6 is 0 Å². The minimum Gasteiger partial charge on any atom is -0.476 e. The van der Waals surface area contributed by atoms with E-state index in [1.54, 1.807) is 12.4 Å². The molecule has 0 saturated heterocycles. The molecule has 2 rings (SSSR count). The van der Waals surface area contributed by atoms with E-state index in [0.29, 0.717) is 18.5 Å². The van der Waals surface area contributed by atoms with Crippen LogP contribution in [0.1, 0.15) is 31.9 Å². The smallest absolute Gasteiger partial charge is 0.232 e. The van der Waals surface area contributed by atoms with Gasteiger partial charge in [0.25, 0.3) is 0 Å². The molecule has 0 unspecified atom stereocenters. The van der Waals surface area contributed by atoms with Gasteiger partial charge in [0.1, 0.15) is 0 Å². The molecule has 1 aliphatic rings. The van der Waals surface area contributed by atoms with Gasteiger partial charge in [0.15, 0.2) is 0 Å². The number of hydrogen-bond donors (Lipinski definition) is 1. The molecule has 92 valence electrons. The average molecular weight is 233 g/mol. The van der Waals surface area contributed by atoms with E-state index in [4.69, 9.17) is 4.74 Å². The van der Waals surface area contributed by atoms with Crippen LogP contribution in [0.2, 0.25) is 0 Å². The Kier molecular flexibility index (Phi) is 4.09. The maximum Gasteiger partial charge on any atom is 0.232 e. The molecule has 0 amide bonds. The van der Waals surface area contributed by atoms with Crippen molar-refractivity contribution >= 4 is 0 Å². The van der Waals surface area contributed by atoms with Crippen LogP contribution in [0.25, 0.3) is 0 Å². The summed E-state index contributed by atoms with van der Waals surface area (Å²) in [4.78, 5) is 8.52. The van der Waals surface area contributed by atoms with Crippen LogP contribution in [0.15, 0.2) is 24.5 Å². The van der Waals surface area contributed by atoms with Crippen LogP contribution in [0.4, 0.5) is 0 Å². The van der Waals surface area contributed by atoms with Crippen molar-refractivity contribution in [2.45, 2.75) is 38.8 Å². The fourth-order valence-corrected chi connectivity index (χ4v) is 1.41. The largest absolute Gasteiger partial charge is 0.476 e. The van der Waals surface area contributed by atoms with Gasteiger partial charge in [-0.15, -0.1) is 6.58 Å². The number of nitrogens with zero attached hydrogens (tertiary/aromatic N) is 2. The highest BCUT2D eigenvalue weighted by molar-refractivity contribution is 5.08. The normalized spacial score (nSPS) is 14.6. The first-order valence-electron chi connectivity index (χ1n) is 6.05. The second kappa shape index (κ2) is 5.77. The standard InChI is InChI=1S/C13H19N3O/c1-10(2)5-6-17-13-9-14-7-12(16-13)8-15-11-3-4-11/h7,9,11,15H,1,3-6,8H2,2H3. The topological polar surface area (TPSA) is 47.0 Å². The number of nitrogens with one attached hydrogen (secondary N) is 1. The van der Waals surface area contributed by atoms with Crippen molar-refractivity contribution in [2.24, 2.45) is 0 Å². The molecule has 4 heteroatoms. The van der Waals surface area contributed by atoms with Crippen molar-refractivity contribution in [1.29, 1.82) is 0 Å². The minimum atomic E-state index is 0.598. The molecular formula is C13H19N3O. The first-order valence-corrected chi connectivity index (χ1v) is 6.05. The second-order valence-electron chi connectivity index (χ2n) is 4.56. The molecule has 1 aromatic rings. The zero-order valence-electron chi connectivity index (χ0n) is 10.3. The van der Waals surface area contributed by atoms with E-state index in [0.717, 1.165) is 24.2 Å². The van der Waals surface area contributed by atoms with Crippen LogP contribution < -0.4 is 10.1 Å². The van der Waals surface area contributed by atoms with E-state index in [2.05, 4.69) is 21.9 Å². The van der Waals surface area contributed by atoms with Gasteiger partial charge in [-0.2, -0.15) is 0 Å². The van der Waals surface area contributed by atoms with E-state index in [1.165, 1.54) is 12.8 Å². The summed E-state index contributed by atoms with van der Waals surface area (Å²) in [6.07, 6.45) is 6.84. The lowest BCUT2D eigenvalue weighted by Gasteiger charge is -2.06. The molecule has 0 radical (unpaired) electrons. The molecule has 0 aromatic carbocycles. The van der Waals surface area contributed by atoms with E-state index in [9.17, 15) is 0 Å². The lowest BCUT2D eigenvalue weighted by atomic mass is 10.3. The Morgan fingerprint density at radius 2 is 2.35 bits per heavy atom. The van der Waals surface area contributed by atoms with Gasteiger partial charge in [-0.1, -0.05) is 5.57 Å². The van der Waals surface area contributed by atoms with Gasteiger partial charge in [0, 0.05) is 25.2 Å². The highest BCUT2D eigenvalue weighted by Gasteiger charge is 2.20. The first-order chi connectivity index (χ1) is 8.24. The molecule has 1 aromatic heterocycles. The van der Waals surface area contributed by atoms with Gasteiger partial charge in [-0.25, -0.2) is 4.98 Å². The van der Waals surface area contributed by atoms with Crippen LogP contribution in [0, 0.1) is 0 Å². The van der Waals surface area contributed by atoms with Gasteiger partial charge in [-0.3, -0.25) is 4.98 Å². The summed E-state index contributed by atoms with van der Waals surface area (Å²) in [7, 11) is 0. The fourth-order valence-electron chi connectivity index (χ4n) is 1.41. The van der Waals surface area contributed by atoms with E-state index in [-0.39, 0.29) is 0 Å².